The van der Waals surface area contributed by atoms with Crippen LogP contribution in [0.15, 0.2) is 53.4 Å². The van der Waals surface area contributed by atoms with Crippen molar-refractivity contribution >= 4 is 29.3 Å². The highest BCUT2D eigenvalue weighted by Gasteiger charge is 2.29. The Morgan fingerprint density at radius 3 is 2.70 bits per heavy atom. The standard InChI is InChI=1S/C24H28N2O3S/c1-29-19-12-10-18(11-13-19)20-7-3-2-6-15-25(20)23(27)14-16-26-21-8-4-5-9-22(21)30-17-24(26)28/h4-5,8-13,20H,2-3,6-7,14-17H2,1H3/t20-/m0/s1. The van der Waals surface area contributed by atoms with Gasteiger partial charge in [0.2, 0.25) is 11.8 Å². The number of hydrogen-bond acceptors (Lipinski definition) is 4. The molecule has 0 aliphatic carbocycles. The van der Waals surface area contributed by atoms with E-state index in [4.69, 9.17) is 4.74 Å². The van der Waals surface area contributed by atoms with Gasteiger partial charge in [-0.2, -0.15) is 0 Å². The summed E-state index contributed by atoms with van der Waals surface area (Å²) in [7, 11) is 1.66. The zero-order chi connectivity index (χ0) is 20.9. The smallest absolute Gasteiger partial charge is 0.237 e. The number of methoxy groups -OCH3 is 1. The zero-order valence-corrected chi connectivity index (χ0v) is 18.2. The predicted octanol–water partition coefficient (Wildman–Crippen LogP) is 4.67. The van der Waals surface area contributed by atoms with Crippen molar-refractivity contribution in [3.63, 3.8) is 0 Å². The normalized spacial score (nSPS) is 19.2. The number of carbonyl (C=O) groups is 2. The van der Waals surface area contributed by atoms with Gasteiger partial charge in [-0.3, -0.25) is 9.59 Å². The number of thioether (sulfide) groups is 1. The van der Waals surface area contributed by atoms with E-state index in [9.17, 15) is 9.59 Å². The van der Waals surface area contributed by atoms with Gasteiger partial charge in [-0.15, -0.1) is 11.8 Å². The van der Waals surface area contributed by atoms with Crippen molar-refractivity contribution in [1.82, 2.24) is 4.90 Å². The molecule has 1 saturated heterocycles. The van der Waals surface area contributed by atoms with Crippen molar-refractivity contribution in [2.24, 2.45) is 0 Å². The lowest BCUT2D eigenvalue weighted by Gasteiger charge is -2.33. The number of benzene rings is 2. The van der Waals surface area contributed by atoms with E-state index in [0.717, 1.165) is 54.1 Å². The van der Waals surface area contributed by atoms with Gasteiger partial charge in [0.05, 0.1) is 24.6 Å². The summed E-state index contributed by atoms with van der Waals surface area (Å²) in [5.74, 6) is 1.46. The number of carbonyl (C=O) groups excluding carboxylic acids is 2. The molecule has 1 fully saturated rings. The van der Waals surface area contributed by atoms with Crippen LogP contribution in [0, 0.1) is 0 Å². The predicted molar refractivity (Wildman–Crippen MR) is 120 cm³/mol. The molecule has 0 unspecified atom stereocenters. The van der Waals surface area contributed by atoms with Gasteiger partial charge in [0.15, 0.2) is 0 Å². The number of likely N-dealkylation sites (tertiary alicyclic amines) is 1. The van der Waals surface area contributed by atoms with Crippen molar-refractivity contribution < 1.29 is 14.3 Å². The molecule has 2 aromatic carbocycles. The van der Waals surface area contributed by atoms with Crippen molar-refractivity contribution in [3.8, 4) is 5.75 Å². The van der Waals surface area contributed by atoms with Crippen LogP contribution >= 0.6 is 11.8 Å². The van der Waals surface area contributed by atoms with Gasteiger partial charge < -0.3 is 14.5 Å². The molecule has 2 aromatic rings. The Bertz CT molecular complexity index is 900. The average molecular weight is 425 g/mol. The molecule has 5 nitrogen and oxygen atoms in total. The summed E-state index contributed by atoms with van der Waals surface area (Å²) in [6, 6.07) is 16.1. The Labute approximate surface area is 182 Å². The summed E-state index contributed by atoms with van der Waals surface area (Å²) in [4.78, 5) is 30.7. The molecule has 0 N–H and O–H groups in total. The summed E-state index contributed by atoms with van der Waals surface area (Å²) in [5.41, 5.74) is 2.08. The van der Waals surface area contributed by atoms with Crippen LogP contribution in [0.2, 0.25) is 0 Å². The van der Waals surface area contributed by atoms with Crippen LogP contribution in [-0.2, 0) is 9.59 Å². The van der Waals surface area contributed by atoms with Gasteiger partial charge in [0, 0.05) is 24.4 Å². The number of para-hydroxylation sites is 1. The van der Waals surface area contributed by atoms with Crippen LogP contribution in [-0.4, -0.2) is 42.7 Å². The fourth-order valence-corrected chi connectivity index (χ4v) is 5.27. The summed E-state index contributed by atoms with van der Waals surface area (Å²) >= 11 is 1.57. The molecule has 2 aliphatic rings. The Balaban J connectivity index is 1.48. The maximum absolute atomic E-state index is 13.3. The third-order valence-electron chi connectivity index (χ3n) is 5.93. The molecular formula is C24H28N2O3S. The number of fused-ring (bicyclic) bond motifs is 1. The lowest BCUT2D eigenvalue weighted by Crippen LogP contribution is -2.40. The molecule has 2 heterocycles. The minimum atomic E-state index is 0.0778. The summed E-state index contributed by atoms with van der Waals surface area (Å²) < 4.78 is 5.28. The Kier molecular flexibility index (Phi) is 6.62. The largest absolute Gasteiger partial charge is 0.497 e. The van der Waals surface area contributed by atoms with E-state index in [0.29, 0.717) is 18.7 Å². The molecule has 0 bridgehead atoms. The summed E-state index contributed by atoms with van der Waals surface area (Å²) in [5, 5.41) is 0. The van der Waals surface area contributed by atoms with Crippen LogP contribution in [0.3, 0.4) is 0 Å². The SMILES string of the molecule is COc1ccc([C@@H]2CCCCCN2C(=O)CCN2C(=O)CSc3ccccc32)cc1. The molecule has 0 spiro atoms. The first-order chi connectivity index (χ1) is 14.7. The minimum absolute atomic E-state index is 0.0778. The first-order valence-corrected chi connectivity index (χ1v) is 11.6. The fourth-order valence-electron chi connectivity index (χ4n) is 4.33. The van der Waals surface area contributed by atoms with Gasteiger partial charge in [-0.25, -0.2) is 0 Å². The van der Waals surface area contributed by atoms with Gasteiger partial charge >= 0.3 is 0 Å². The number of anilines is 1. The molecule has 30 heavy (non-hydrogen) atoms. The Morgan fingerprint density at radius 2 is 1.90 bits per heavy atom. The third-order valence-corrected chi connectivity index (χ3v) is 6.98. The third kappa shape index (κ3) is 4.48. The molecule has 6 heteroatoms. The topological polar surface area (TPSA) is 49.9 Å². The van der Waals surface area contributed by atoms with Crippen molar-refractivity contribution in [1.29, 1.82) is 0 Å². The van der Waals surface area contributed by atoms with Crippen LogP contribution in [0.25, 0.3) is 0 Å². The molecule has 158 valence electrons. The van der Waals surface area contributed by atoms with Crippen molar-refractivity contribution in [2.75, 3.05) is 30.9 Å². The molecule has 1 atom stereocenters. The minimum Gasteiger partial charge on any atom is -0.497 e. The van der Waals surface area contributed by atoms with E-state index in [1.165, 1.54) is 0 Å². The number of hydrogen-bond donors (Lipinski definition) is 0. The summed E-state index contributed by atoms with van der Waals surface area (Å²) in [6.07, 6.45) is 4.61. The molecule has 0 saturated carbocycles. The maximum atomic E-state index is 13.3. The van der Waals surface area contributed by atoms with E-state index >= 15 is 0 Å². The van der Waals surface area contributed by atoms with Gasteiger partial charge in [0.25, 0.3) is 0 Å². The van der Waals surface area contributed by atoms with Crippen LogP contribution in [0.4, 0.5) is 5.69 Å². The van der Waals surface area contributed by atoms with Crippen LogP contribution in [0.1, 0.15) is 43.7 Å². The summed E-state index contributed by atoms with van der Waals surface area (Å²) in [6.45, 7) is 1.21. The highest BCUT2D eigenvalue weighted by Crippen LogP contribution is 2.35. The van der Waals surface area contributed by atoms with Crippen molar-refractivity contribution in [3.05, 3.63) is 54.1 Å². The van der Waals surface area contributed by atoms with E-state index in [-0.39, 0.29) is 17.9 Å². The highest BCUT2D eigenvalue weighted by molar-refractivity contribution is 8.00. The molecule has 0 aromatic heterocycles. The molecule has 2 amide bonds. The van der Waals surface area contributed by atoms with Gasteiger partial charge in [-0.05, 0) is 42.7 Å². The van der Waals surface area contributed by atoms with Crippen molar-refractivity contribution in [2.45, 2.75) is 43.0 Å². The second-order valence-corrected chi connectivity index (χ2v) is 8.79. The second-order valence-electron chi connectivity index (χ2n) is 7.78. The van der Waals surface area contributed by atoms with Gasteiger partial charge in [-0.1, -0.05) is 37.1 Å². The van der Waals surface area contributed by atoms with E-state index in [1.807, 2.05) is 41.3 Å². The monoisotopic (exact) mass is 424 g/mol. The molecular weight excluding hydrogens is 396 g/mol. The number of ether oxygens (including phenoxy) is 1. The maximum Gasteiger partial charge on any atom is 0.237 e. The van der Waals surface area contributed by atoms with Crippen LogP contribution in [0.5, 0.6) is 5.75 Å². The lowest BCUT2D eigenvalue weighted by atomic mass is 10.0. The lowest BCUT2D eigenvalue weighted by molar-refractivity contribution is -0.133. The zero-order valence-electron chi connectivity index (χ0n) is 17.4. The van der Waals surface area contributed by atoms with Gasteiger partial charge in [0.1, 0.15) is 5.75 Å². The quantitative estimate of drug-likeness (QED) is 0.700. The van der Waals surface area contributed by atoms with Crippen LogP contribution < -0.4 is 9.64 Å². The van der Waals surface area contributed by atoms with E-state index in [2.05, 4.69) is 12.1 Å². The molecule has 0 radical (unpaired) electrons. The Hall–Kier alpha value is -2.47. The fraction of sp³-hybridized carbons (Fsp3) is 0.417. The second kappa shape index (κ2) is 9.56. The van der Waals surface area contributed by atoms with E-state index in [1.54, 1.807) is 23.8 Å². The average Bonchev–Trinajstić information content (AvgIpc) is 3.04. The highest BCUT2D eigenvalue weighted by atomic mass is 32.2. The van der Waals surface area contributed by atoms with E-state index < -0.39 is 0 Å². The number of amides is 2. The first kappa shape index (κ1) is 20.8. The number of rotatable bonds is 5. The number of nitrogens with zero attached hydrogens (tertiary/aromatic N) is 2. The molecule has 2 aliphatic heterocycles. The molecule has 4 rings (SSSR count). The first-order valence-electron chi connectivity index (χ1n) is 10.6. The Morgan fingerprint density at radius 1 is 1.10 bits per heavy atom.